The summed E-state index contributed by atoms with van der Waals surface area (Å²) in [6.45, 7) is 14.3. The number of carbonyl (C=O) groups is 4. The quantitative estimate of drug-likeness (QED) is 0.145. The largest absolute Gasteiger partial charge is 0.474 e. The zero-order valence-corrected chi connectivity index (χ0v) is 40.0. The van der Waals surface area contributed by atoms with Gasteiger partial charge >= 0.3 is 6.09 Å². The van der Waals surface area contributed by atoms with Crippen molar-refractivity contribution in [3.63, 3.8) is 0 Å². The molecule has 17 heteroatoms. The number of amides is 4. The fraction of sp³-hybridized carbons (Fsp3) is 0.423. The van der Waals surface area contributed by atoms with Crippen LogP contribution in [0.15, 0.2) is 73.1 Å². The molecule has 0 spiro atoms. The second kappa shape index (κ2) is 18.8. The molecule has 4 aliphatic heterocycles. The van der Waals surface area contributed by atoms with E-state index in [1.54, 1.807) is 17.3 Å². The van der Waals surface area contributed by atoms with Crippen molar-refractivity contribution < 1.29 is 28.7 Å². The smallest absolute Gasteiger partial charge is 0.415 e. The topological polar surface area (TPSA) is 180 Å². The Morgan fingerprint density at radius 3 is 2.42 bits per heavy atom. The van der Waals surface area contributed by atoms with Gasteiger partial charge in [0.2, 0.25) is 29.5 Å². The van der Waals surface area contributed by atoms with Crippen LogP contribution in [-0.4, -0.2) is 128 Å². The number of hydrogen-bond donors (Lipinski definition) is 2. The van der Waals surface area contributed by atoms with E-state index in [-0.39, 0.29) is 17.7 Å². The van der Waals surface area contributed by atoms with Gasteiger partial charge in [-0.1, -0.05) is 36.4 Å². The van der Waals surface area contributed by atoms with E-state index < -0.39 is 17.6 Å². The van der Waals surface area contributed by atoms with E-state index >= 15 is 0 Å². The van der Waals surface area contributed by atoms with Gasteiger partial charge in [-0.2, -0.15) is 5.10 Å². The van der Waals surface area contributed by atoms with E-state index in [9.17, 15) is 19.2 Å². The maximum absolute atomic E-state index is 13.5. The van der Waals surface area contributed by atoms with Crippen LogP contribution in [0, 0.1) is 6.92 Å². The van der Waals surface area contributed by atoms with Crippen LogP contribution in [0.1, 0.15) is 80.7 Å². The normalized spacial score (nSPS) is 18.5. The molecule has 358 valence electrons. The SMILES string of the molecule is Cc1c(-c2ccc3cnc(Nc4ccc(CN5CCN(C(=O)CN6CCC(c7ccc8c(C9CCC(=O)NC9=O)nn(C)c8c7)CC6)CC5)cc4)nc3c2)cnc2c1N(C(=O)OC(C)(C)C)CCO2. The first-order valence-corrected chi connectivity index (χ1v) is 24.0. The van der Waals surface area contributed by atoms with Crippen LogP contribution < -0.4 is 20.3 Å². The van der Waals surface area contributed by atoms with Crippen LogP contribution in [0.25, 0.3) is 32.9 Å². The molecule has 17 nitrogen and oxygen atoms in total. The number of benzene rings is 3. The number of anilines is 3. The minimum absolute atomic E-state index is 0.195. The van der Waals surface area contributed by atoms with Crippen LogP contribution in [0.4, 0.5) is 22.1 Å². The number of hydrogen-bond acceptors (Lipinski definition) is 13. The third kappa shape index (κ3) is 9.83. The summed E-state index contributed by atoms with van der Waals surface area (Å²) < 4.78 is 13.4. The van der Waals surface area contributed by atoms with E-state index in [0.29, 0.717) is 69.1 Å². The predicted octanol–water partition coefficient (Wildman–Crippen LogP) is 6.81. The molecule has 6 aromatic rings. The maximum atomic E-state index is 13.5. The highest BCUT2D eigenvalue weighted by Gasteiger charge is 2.34. The van der Waals surface area contributed by atoms with Crippen molar-refractivity contribution in [1.29, 1.82) is 0 Å². The monoisotopic (exact) mass is 933 g/mol. The minimum Gasteiger partial charge on any atom is -0.474 e. The van der Waals surface area contributed by atoms with Crippen LogP contribution in [0.5, 0.6) is 5.88 Å². The molecular weight excluding hydrogens is 875 g/mol. The zero-order valence-electron chi connectivity index (χ0n) is 40.0. The summed E-state index contributed by atoms with van der Waals surface area (Å²) in [6.07, 6.45) is 5.90. The number of imide groups is 1. The Kier molecular flexibility index (Phi) is 12.5. The number of fused-ring (bicyclic) bond motifs is 3. The average molecular weight is 934 g/mol. The van der Waals surface area contributed by atoms with Crippen molar-refractivity contribution in [2.24, 2.45) is 7.05 Å². The summed E-state index contributed by atoms with van der Waals surface area (Å²) in [5, 5.41) is 12.4. The fourth-order valence-electron chi connectivity index (χ4n) is 10.1. The number of nitrogens with zero attached hydrogens (tertiary/aromatic N) is 9. The molecule has 0 radical (unpaired) electrons. The lowest BCUT2D eigenvalue weighted by Crippen LogP contribution is -2.51. The van der Waals surface area contributed by atoms with Gasteiger partial charge < -0.3 is 19.7 Å². The molecule has 0 saturated carbocycles. The van der Waals surface area contributed by atoms with Gasteiger partial charge in [-0.3, -0.25) is 39.1 Å². The first-order valence-electron chi connectivity index (χ1n) is 24.0. The molecule has 69 heavy (non-hydrogen) atoms. The van der Waals surface area contributed by atoms with Gasteiger partial charge in [0, 0.05) is 80.6 Å². The molecule has 10 rings (SSSR count). The number of aromatic nitrogens is 5. The van der Waals surface area contributed by atoms with Crippen molar-refractivity contribution in [3.05, 3.63) is 95.4 Å². The molecule has 3 saturated heterocycles. The Morgan fingerprint density at radius 2 is 1.67 bits per heavy atom. The highest BCUT2D eigenvalue weighted by Crippen LogP contribution is 2.40. The molecule has 1 unspecified atom stereocenters. The van der Waals surface area contributed by atoms with E-state index in [1.165, 1.54) is 11.1 Å². The van der Waals surface area contributed by atoms with Crippen LogP contribution in [0.3, 0.4) is 0 Å². The summed E-state index contributed by atoms with van der Waals surface area (Å²) in [6, 6.07) is 20.8. The summed E-state index contributed by atoms with van der Waals surface area (Å²) >= 11 is 0. The number of piperazine rings is 1. The highest BCUT2D eigenvalue weighted by molar-refractivity contribution is 6.02. The molecule has 4 amide bonds. The Morgan fingerprint density at radius 1 is 0.884 bits per heavy atom. The van der Waals surface area contributed by atoms with Gasteiger partial charge in [-0.25, -0.2) is 19.7 Å². The van der Waals surface area contributed by atoms with Crippen LogP contribution in [-0.2, 0) is 32.7 Å². The summed E-state index contributed by atoms with van der Waals surface area (Å²) in [7, 11) is 1.91. The predicted molar refractivity (Wildman–Crippen MR) is 262 cm³/mol. The van der Waals surface area contributed by atoms with Crippen molar-refractivity contribution in [2.45, 2.75) is 77.4 Å². The second-order valence-corrected chi connectivity index (χ2v) is 19.7. The van der Waals surface area contributed by atoms with E-state index in [4.69, 9.17) is 19.6 Å². The van der Waals surface area contributed by atoms with Gasteiger partial charge in [-0.15, -0.1) is 0 Å². The molecule has 0 bridgehead atoms. The third-order valence-corrected chi connectivity index (χ3v) is 13.8. The Balaban J connectivity index is 0.696. The second-order valence-electron chi connectivity index (χ2n) is 19.7. The molecule has 3 aromatic heterocycles. The molecular formula is C52H59N11O6. The first kappa shape index (κ1) is 45.8. The molecule has 3 fully saturated rings. The van der Waals surface area contributed by atoms with Crippen molar-refractivity contribution in [3.8, 4) is 17.0 Å². The Hall–Kier alpha value is -6.98. The van der Waals surface area contributed by atoms with Crippen molar-refractivity contribution in [1.82, 2.24) is 44.7 Å². The van der Waals surface area contributed by atoms with Crippen molar-refractivity contribution >= 4 is 62.9 Å². The third-order valence-electron chi connectivity index (χ3n) is 13.8. The lowest BCUT2D eigenvalue weighted by molar-refractivity contribution is -0.135. The number of aryl methyl sites for hydroxylation is 1. The lowest BCUT2D eigenvalue weighted by atomic mass is 9.88. The first-order chi connectivity index (χ1) is 33.2. The van der Waals surface area contributed by atoms with E-state index in [1.807, 2.05) is 74.7 Å². The Bertz CT molecular complexity index is 2950. The van der Waals surface area contributed by atoms with Crippen LogP contribution in [0.2, 0.25) is 0 Å². The maximum Gasteiger partial charge on any atom is 0.415 e. The molecule has 4 aliphatic rings. The van der Waals surface area contributed by atoms with Gasteiger partial charge in [0.05, 0.1) is 35.7 Å². The summed E-state index contributed by atoms with van der Waals surface area (Å²) in [5.41, 5.74) is 8.42. The number of piperidine rings is 2. The zero-order chi connectivity index (χ0) is 48.0. The summed E-state index contributed by atoms with van der Waals surface area (Å²) in [5.74, 6) is 0.556. The van der Waals surface area contributed by atoms with Crippen LogP contribution >= 0.6 is 0 Å². The van der Waals surface area contributed by atoms with Gasteiger partial charge in [-0.05, 0) is 112 Å². The number of nitrogens with one attached hydrogen (secondary N) is 2. The van der Waals surface area contributed by atoms with E-state index in [2.05, 4.69) is 60.7 Å². The van der Waals surface area contributed by atoms with Crippen molar-refractivity contribution in [2.75, 3.05) is 69.2 Å². The average Bonchev–Trinajstić information content (AvgIpc) is 3.66. The Labute approximate surface area is 401 Å². The number of carbonyl (C=O) groups excluding carboxylic acids is 4. The standard InChI is InChI=1S/C52H59N11O6/c1-32-41(29-53-49-47(32)63(24-25-68-49)51(67)69-52(2,3)4)36-8-9-37-28-54-50(56-42(37)26-36)55-38-11-6-33(7-12-38)30-61-20-22-62(23-21-61)45(65)31-60-18-16-34(17-19-60)35-10-13-39-43(27-35)59(5)58-46(39)40-14-15-44(64)57-48(40)66/h6-13,26-29,34,40H,14-25,30-31H2,1-5H3,(H,54,55,56)(H,57,64,66). The molecule has 1 atom stereocenters. The van der Waals surface area contributed by atoms with Gasteiger partial charge in [0.15, 0.2) is 0 Å². The number of likely N-dealkylation sites (tertiary alicyclic amines) is 1. The number of pyridine rings is 1. The fourth-order valence-corrected chi connectivity index (χ4v) is 10.1. The molecule has 7 heterocycles. The number of rotatable bonds is 9. The highest BCUT2D eigenvalue weighted by atomic mass is 16.6. The molecule has 0 aliphatic carbocycles. The molecule has 3 aromatic carbocycles. The number of ether oxygens (including phenoxy) is 2. The lowest BCUT2D eigenvalue weighted by Gasteiger charge is -2.37. The van der Waals surface area contributed by atoms with Gasteiger partial charge in [0.25, 0.3) is 0 Å². The minimum atomic E-state index is -0.636. The van der Waals surface area contributed by atoms with Gasteiger partial charge in [0.1, 0.15) is 17.9 Å². The molecule has 2 N–H and O–H groups in total. The summed E-state index contributed by atoms with van der Waals surface area (Å²) in [4.78, 5) is 73.3. The van der Waals surface area contributed by atoms with E-state index in [0.717, 1.165) is 95.4 Å².